The Labute approximate surface area is 210 Å². The first-order valence-electron chi connectivity index (χ1n) is 12.6. The van der Waals surface area contributed by atoms with Crippen molar-refractivity contribution in [2.75, 3.05) is 0 Å². The Bertz CT molecular complexity index is 1180. The second kappa shape index (κ2) is 11.5. The van der Waals surface area contributed by atoms with Gasteiger partial charge in [0, 0.05) is 5.41 Å². The average Bonchev–Trinajstić information content (AvgIpc) is 2.85. The van der Waals surface area contributed by atoms with Crippen molar-refractivity contribution >= 4 is 12.0 Å². The van der Waals surface area contributed by atoms with Crippen molar-refractivity contribution in [1.82, 2.24) is 0 Å². The summed E-state index contributed by atoms with van der Waals surface area (Å²) >= 11 is 0. The molecule has 0 heterocycles. The summed E-state index contributed by atoms with van der Waals surface area (Å²) in [4.78, 5) is 11.0. The van der Waals surface area contributed by atoms with E-state index < -0.39 is 12.1 Å². The summed E-state index contributed by atoms with van der Waals surface area (Å²) in [7, 11) is 0. The van der Waals surface area contributed by atoms with E-state index in [9.17, 15) is 9.90 Å². The molecule has 0 saturated carbocycles. The number of aliphatic hydroxyl groups is 1. The molecule has 0 aliphatic heterocycles. The molecule has 0 aliphatic rings. The van der Waals surface area contributed by atoms with Gasteiger partial charge >= 0.3 is 5.97 Å². The molecule has 3 aromatic rings. The van der Waals surface area contributed by atoms with Gasteiger partial charge in [-0.15, -0.1) is 0 Å². The summed E-state index contributed by atoms with van der Waals surface area (Å²) in [5, 5.41) is 18.9. The predicted molar refractivity (Wildman–Crippen MR) is 146 cm³/mol. The number of aliphatic carboxylic acids is 1. The molecule has 0 fully saturated rings. The van der Waals surface area contributed by atoms with E-state index in [1.54, 1.807) is 0 Å². The Morgan fingerprint density at radius 2 is 1.49 bits per heavy atom. The average molecular weight is 471 g/mol. The van der Waals surface area contributed by atoms with Gasteiger partial charge < -0.3 is 10.2 Å². The molecule has 35 heavy (non-hydrogen) atoms. The van der Waals surface area contributed by atoms with Crippen molar-refractivity contribution in [2.45, 2.75) is 71.8 Å². The second-order valence-corrected chi connectivity index (χ2v) is 9.49. The van der Waals surface area contributed by atoms with Crippen LogP contribution in [0.25, 0.3) is 17.2 Å². The highest BCUT2D eigenvalue weighted by Crippen LogP contribution is 2.41. The van der Waals surface area contributed by atoms with Crippen molar-refractivity contribution < 1.29 is 15.0 Å². The highest BCUT2D eigenvalue weighted by molar-refractivity contribution is 5.72. The lowest BCUT2D eigenvalue weighted by Crippen LogP contribution is -2.26. The van der Waals surface area contributed by atoms with Crippen LogP contribution in [0.4, 0.5) is 0 Å². The number of hydrogen-bond acceptors (Lipinski definition) is 2. The fourth-order valence-electron chi connectivity index (χ4n) is 5.01. The minimum absolute atomic E-state index is 0.0426. The van der Waals surface area contributed by atoms with Crippen LogP contribution in [0.3, 0.4) is 0 Å². The van der Waals surface area contributed by atoms with Gasteiger partial charge in [0.15, 0.2) is 0 Å². The number of rotatable bonds is 10. The van der Waals surface area contributed by atoms with E-state index in [0.717, 1.165) is 29.5 Å². The van der Waals surface area contributed by atoms with Crippen molar-refractivity contribution in [3.05, 3.63) is 100 Å². The van der Waals surface area contributed by atoms with E-state index in [1.807, 2.05) is 43.3 Å². The maximum Gasteiger partial charge on any atom is 0.307 e. The molecule has 0 spiro atoms. The number of carboxylic acids is 1. The molecule has 3 heteroatoms. The first kappa shape index (κ1) is 26.4. The fourth-order valence-corrected chi connectivity index (χ4v) is 5.01. The van der Waals surface area contributed by atoms with Crippen LogP contribution in [0.2, 0.25) is 0 Å². The molecule has 0 bridgehead atoms. The molecule has 0 aliphatic carbocycles. The van der Waals surface area contributed by atoms with E-state index in [-0.39, 0.29) is 11.8 Å². The van der Waals surface area contributed by atoms with E-state index in [1.165, 1.54) is 27.8 Å². The third-order valence-electron chi connectivity index (χ3n) is 7.34. The van der Waals surface area contributed by atoms with Gasteiger partial charge in [-0.2, -0.15) is 0 Å². The van der Waals surface area contributed by atoms with Gasteiger partial charge in [0.1, 0.15) is 0 Å². The van der Waals surface area contributed by atoms with Gasteiger partial charge in [-0.05, 0) is 77.6 Å². The fraction of sp³-hybridized carbons (Fsp3) is 0.344. The monoisotopic (exact) mass is 470 g/mol. The van der Waals surface area contributed by atoms with Gasteiger partial charge in [0.25, 0.3) is 0 Å². The molecule has 3 rings (SSSR count). The minimum atomic E-state index is -0.813. The van der Waals surface area contributed by atoms with E-state index in [2.05, 4.69) is 64.1 Å². The lowest BCUT2D eigenvalue weighted by Gasteiger charge is -2.34. The summed E-state index contributed by atoms with van der Waals surface area (Å²) in [6.07, 6.45) is 6.23. The van der Waals surface area contributed by atoms with Crippen molar-refractivity contribution in [3.8, 4) is 11.1 Å². The van der Waals surface area contributed by atoms with Gasteiger partial charge in [-0.1, -0.05) is 93.6 Å². The summed E-state index contributed by atoms with van der Waals surface area (Å²) in [6, 6.07) is 21.3. The first-order valence-corrected chi connectivity index (χ1v) is 12.6. The second-order valence-electron chi connectivity index (χ2n) is 9.49. The van der Waals surface area contributed by atoms with Crippen LogP contribution in [-0.4, -0.2) is 22.3 Å². The number of benzene rings is 3. The molecule has 1 unspecified atom stereocenters. The molecule has 0 aromatic heterocycles. The summed E-state index contributed by atoms with van der Waals surface area (Å²) < 4.78 is 0. The Balaban J connectivity index is 1.96. The number of aryl methyl sites for hydroxylation is 2. The molecule has 184 valence electrons. The third-order valence-corrected chi connectivity index (χ3v) is 7.34. The molecule has 1 atom stereocenters. The molecular formula is C32H38O3. The van der Waals surface area contributed by atoms with E-state index in [0.29, 0.717) is 6.42 Å². The van der Waals surface area contributed by atoms with Gasteiger partial charge in [-0.3, -0.25) is 4.79 Å². The molecule has 0 saturated heterocycles. The predicted octanol–water partition coefficient (Wildman–Crippen LogP) is 7.49. The van der Waals surface area contributed by atoms with Crippen LogP contribution in [0.5, 0.6) is 0 Å². The van der Waals surface area contributed by atoms with Crippen LogP contribution in [0.15, 0.2) is 66.7 Å². The zero-order valence-corrected chi connectivity index (χ0v) is 21.6. The van der Waals surface area contributed by atoms with Crippen molar-refractivity contribution in [3.63, 3.8) is 0 Å². The normalized spacial score (nSPS) is 12.7. The molecule has 3 nitrogen and oxygen atoms in total. The lowest BCUT2D eigenvalue weighted by atomic mass is 9.69. The van der Waals surface area contributed by atoms with Crippen molar-refractivity contribution in [1.29, 1.82) is 0 Å². The highest BCUT2D eigenvalue weighted by atomic mass is 16.4. The maximum atomic E-state index is 11.0. The van der Waals surface area contributed by atoms with Crippen LogP contribution in [0, 0.1) is 13.8 Å². The summed E-state index contributed by atoms with van der Waals surface area (Å²) in [5.74, 6) is -0.813. The minimum Gasteiger partial charge on any atom is -0.481 e. The van der Waals surface area contributed by atoms with Gasteiger partial charge in [0.05, 0.1) is 12.5 Å². The van der Waals surface area contributed by atoms with Crippen LogP contribution < -0.4 is 0 Å². The standard InChI is InChI=1S/C32H38O3/c1-6-29(33)17-14-25-13-15-27(19-22(25)4)32(7-2,8-3)28-16-18-30(23(5)20-28)26-11-9-24(10-12-26)21-31(34)35/h9-20,29,33H,6-8,21H2,1-5H3,(H,34,35). The topological polar surface area (TPSA) is 57.5 Å². The molecule has 3 aromatic carbocycles. The Morgan fingerprint density at radius 3 is 2.00 bits per heavy atom. The zero-order chi connectivity index (χ0) is 25.6. The third kappa shape index (κ3) is 5.91. The van der Waals surface area contributed by atoms with Gasteiger partial charge in [0.2, 0.25) is 0 Å². The Kier molecular flexibility index (Phi) is 8.69. The van der Waals surface area contributed by atoms with Crippen molar-refractivity contribution in [2.24, 2.45) is 0 Å². The molecule has 0 radical (unpaired) electrons. The lowest BCUT2D eigenvalue weighted by molar-refractivity contribution is -0.136. The van der Waals surface area contributed by atoms with E-state index >= 15 is 0 Å². The van der Waals surface area contributed by atoms with Crippen LogP contribution in [0.1, 0.15) is 73.4 Å². The quantitative estimate of drug-likeness (QED) is 0.323. The van der Waals surface area contributed by atoms with Crippen LogP contribution >= 0.6 is 0 Å². The SMILES string of the molecule is CCC(O)C=Cc1ccc(C(CC)(CC)c2ccc(-c3ccc(CC(=O)O)cc3)c(C)c2)cc1C. The zero-order valence-electron chi connectivity index (χ0n) is 21.6. The first-order chi connectivity index (χ1) is 16.7. The maximum absolute atomic E-state index is 11.0. The Hall–Kier alpha value is -3.17. The van der Waals surface area contributed by atoms with E-state index in [4.69, 9.17) is 5.11 Å². The number of carboxylic acid groups (broad SMARTS) is 1. The molecule has 0 amide bonds. The highest BCUT2D eigenvalue weighted by Gasteiger charge is 2.31. The number of carbonyl (C=O) groups is 1. The Morgan fingerprint density at radius 1 is 0.886 bits per heavy atom. The number of hydrogen-bond donors (Lipinski definition) is 2. The number of aliphatic hydroxyl groups excluding tert-OH is 1. The molecular weight excluding hydrogens is 432 g/mol. The summed E-state index contributed by atoms with van der Waals surface area (Å²) in [5.41, 5.74) is 9.20. The summed E-state index contributed by atoms with van der Waals surface area (Å²) in [6.45, 7) is 10.8. The largest absolute Gasteiger partial charge is 0.481 e. The smallest absolute Gasteiger partial charge is 0.307 e. The molecule has 2 N–H and O–H groups in total. The van der Waals surface area contributed by atoms with Gasteiger partial charge in [-0.25, -0.2) is 0 Å². The van der Waals surface area contributed by atoms with Crippen LogP contribution in [-0.2, 0) is 16.6 Å².